The number of nitrogens with zero attached hydrogens (tertiary/aromatic N) is 3. The molecule has 0 radical (unpaired) electrons. The van der Waals surface area contributed by atoms with Gasteiger partial charge in [0.25, 0.3) is 0 Å². The topological polar surface area (TPSA) is 102 Å². The third-order valence-corrected chi connectivity index (χ3v) is 6.72. The predicted octanol–water partition coefficient (Wildman–Crippen LogP) is 1.33. The smallest absolute Gasteiger partial charge is 0.231 e. The zero-order chi connectivity index (χ0) is 15.8. The summed E-state index contributed by atoms with van der Waals surface area (Å²) in [6.45, 7) is 2.67. The SMILES string of the molecule is CCS(=O)(=O)N1CCCC(c2nc(C3(N)CCCC3)no2)C1. The molecule has 22 heavy (non-hydrogen) atoms. The van der Waals surface area contributed by atoms with E-state index in [0.29, 0.717) is 24.8 Å². The lowest BCUT2D eigenvalue weighted by Gasteiger charge is -2.29. The number of piperidine rings is 1. The Hall–Kier alpha value is -0.990. The molecule has 1 saturated heterocycles. The van der Waals surface area contributed by atoms with Gasteiger partial charge in [0.15, 0.2) is 5.82 Å². The summed E-state index contributed by atoms with van der Waals surface area (Å²) in [4.78, 5) is 4.51. The van der Waals surface area contributed by atoms with Crippen LogP contribution in [-0.2, 0) is 15.6 Å². The van der Waals surface area contributed by atoms with Gasteiger partial charge in [-0.05, 0) is 32.6 Å². The normalized spacial score (nSPS) is 26.4. The third-order valence-electron chi connectivity index (χ3n) is 4.87. The maximum atomic E-state index is 12.0. The van der Waals surface area contributed by atoms with Gasteiger partial charge in [0.1, 0.15) is 0 Å². The quantitative estimate of drug-likeness (QED) is 0.894. The Balaban J connectivity index is 1.76. The van der Waals surface area contributed by atoms with Crippen LogP contribution in [0, 0.1) is 0 Å². The van der Waals surface area contributed by atoms with E-state index in [-0.39, 0.29) is 11.7 Å². The average Bonchev–Trinajstić information content (AvgIpc) is 3.17. The lowest BCUT2D eigenvalue weighted by atomic mass is 9.97. The number of nitrogens with two attached hydrogens (primary N) is 1. The molecule has 3 rings (SSSR count). The van der Waals surface area contributed by atoms with Crippen molar-refractivity contribution in [2.24, 2.45) is 5.73 Å². The van der Waals surface area contributed by atoms with Crippen molar-refractivity contribution >= 4 is 10.0 Å². The van der Waals surface area contributed by atoms with Gasteiger partial charge < -0.3 is 10.3 Å². The molecular weight excluding hydrogens is 304 g/mol. The molecule has 7 nitrogen and oxygen atoms in total. The molecule has 1 aliphatic heterocycles. The van der Waals surface area contributed by atoms with Crippen LogP contribution < -0.4 is 5.73 Å². The van der Waals surface area contributed by atoms with Crippen molar-refractivity contribution in [2.75, 3.05) is 18.8 Å². The second-order valence-corrected chi connectivity index (χ2v) is 8.67. The highest BCUT2D eigenvalue weighted by atomic mass is 32.2. The van der Waals surface area contributed by atoms with Crippen molar-refractivity contribution in [3.63, 3.8) is 0 Å². The highest BCUT2D eigenvalue weighted by Crippen LogP contribution is 2.36. The highest BCUT2D eigenvalue weighted by molar-refractivity contribution is 7.89. The van der Waals surface area contributed by atoms with Crippen LogP contribution in [0.2, 0.25) is 0 Å². The summed E-state index contributed by atoms with van der Waals surface area (Å²) in [7, 11) is -3.16. The molecule has 2 fully saturated rings. The molecular formula is C14H24N4O3S. The van der Waals surface area contributed by atoms with Gasteiger partial charge in [0.05, 0.1) is 17.2 Å². The Morgan fingerprint density at radius 1 is 1.36 bits per heavy atom. The Bertz CT molecular complexity index is 622. The summed E-state index contributed by atoms with van der Waals surface area (Å²) in [5.41, 5.74) is 5.88. The number of aromatic nitrogens is 2. The summed E-state index contributed by atoms with van der Waals surface area (Å²) in [6, 6.07) is 0. The maximum Gasteiger partial charge on any atom is 0.231 e. The van der Waals surface area contributed by atoms with Crippen LogP contribution in [0.1, 0.15) is 63.1 Å². The first-order valence-electron chi connectivity index (χ1n) is 8.05. The van der Waals surface area contributed by atoms with Crippen molar-refractivity contribution in [3.05, 3.63) is 11.7 Å². The largest absolute Gasteiger partial charge is 0.339 e. The van der Waals surface area contributed by atoms with E-state index in [9.17, 15) is 8.42 Å². The van der Waals surface area contributed by atoms with E-state index in [4.69, 9.17) is 10.3 Å². The molecule has 0 aromatic carbocycles. The molecule has 8 heteroatoms. The van der Waals surface area contributed by atoms with Crippen LogP contribution in [0.3, 0.4) is 0 Å². The average molecular weight is 328 g/mol. The second kappa shape index (κ2) is 5.90. The minimum Gasteiger partial charge on any atom is -0.339 e. The van der Waals surface area contributed by atoms with Crippen LogP contribution in [-0.4, -0.2) is 41.7 Å². The molecule has 2 heterocycles. The zero-order valence-corrected chi connectivity index (χ0v) is 13.8. The van der Waals surface area contributed by atoms with Crippen LogP contribution in [0.15, 0.2) is 4.52 Å². The molecule has 2 aliphatic rings. The van der Waals surface area contributed by atoms with Gasteiger partial charge >= 0.3 is 0 Å². The van der Waals surface area contributed by atoms with E-state index in [1.165, 1.54) is 0 Å². The van der Waals surface area contributed by atoms with E-state index in [0.717, 1.165) is 38.5 Å². The summed E-state index contributed by atoms with van der Waals surface area (Å²) in [5.74, 6) is 1.21. The first-order chi connectivity index (χ1) is 10.4. The zero-order valence-electron chi connectivity index (χ0n) is 13.0. The van der Waals surface area contributed by atoms with Crippen molar-refractivity contribution in [3.8, 4) is 0 Å². The van der Waals surface area contributed by atoms with Crippen molar-refractivity contribution in [1.29, 1.82) is 0 Å². The molecule has 0 spiro atoms. The summed E-state index contributed by atoms with van der Waals surface area (Å²) in [5, 5.41) is 4.07. The Kier molecular flexibility index (Phi) is 4.26. The first-order valence-corrected chi connectivity index (χ1v) is 9.66. The van der Waals surface area contributed by atoms with Gasteiger partial charge in [0, 0.05) is 13.1 Å². The highest BCUT2D eigenvalue weighted by Gasteiger charge is 2.38. The van der Waals surface area contributed by atoms with E-state index < -0.39 is 15.6 Å². The van der Waals surface area contributed by atoms with Gasteiger partial charge in [-0.3, -0.25) is 0 Å². The van der Waals surface area contributed by atoms with E-state index in [1.807, 2.05) is 0 Å². The van der Waals surface area contributed by atoms with Gasteiger partial charge in [-0.1, -0.05) is 18.0 Å². The lowest BCUT2D eigenvalue weighted by Crippen LogP contribution is -2.40. The molecule has 0 amide bonds. The number of sulfonamides is 1. The van der Waals surface area contributed by atoms with Crippen molar-refractivity contribution in [2.45, 2.75) is 56.9 Å². The van der Waals surface area contributed by atoms with Crippen LogP contribution in [0.5, 0.6) is 0 Å². The Labute approximate surface area is 131 Å². The minimum absolute atomic E-state index is 0.0265. The first kappa shape index (κ1) is 15.9. The summed E-state index contributed by atoms with van der Waals surface area (Å²) >= 11 is 0. The maximum absolute atomic E-state index is 12.0. The van der Waals surface area contributed by atoms with Crippen molar-refractivity contribution < 1.29 is 12.9 Å². The van der Waals surface area contributed by atoms with Gasteiger partial charge in [-0.2, -0.15) is 4.98 Å². The van der Waals surface area contributed by atoms with Gasteiger partial charge in [-0.15, -0.1) is 0 Å². The fourth-order valence-electron chi connectivity index (χ4n) is 3.41. The molecule has 1 unspecified atom stereocenters. The van der Waals surface area contributed by atoms with E-state index in [2.05, 4.69) is 10.1 Å². The molecule has 1 saturated carbocycles. The van der Waals surface area contributed by atoms with Gasteiger partial charge in [0.2, 0.25) is 15.9 Å². The minimum atomic E-state index is -3.16. The Morgan fingerprint density at radius 2 is 2.09 bits per heavy atom. The molecule has 1 aromatic rings. The molecule has 1 atom stereocenters. The van der Waals surface area contributed by atoms with Crippen LogP contribution in [0.25, 0.3) is 0 Å². The predicted molar refractivity (Wildman–Crippen MR) is 81.6 cm³/mol. The van der Waals surface area contributed by atoms with E-state index >= 15 is 0 Å². The Morgan fingerprint density at radius 3 is 2.77 bits per heavy atom. The van der Waals surface area contributed by atoms with E-state index in [1.54, 1.807) is 11.2 Å². The van der Waals surface area contributed by atoms with Crippen molar-refractivity contribution in [1.82, 2.24) is 14.4 Å². The van der Waals surface area contributed by atoms with Crippen LogP contribution in [0.4, 0.5) is 0 Å². The monoisotopic (exact) mass is 328 g/mol. The van der Waals surface area contributed by atoms with Gasteiger partial charge in [-0.25, -0.2) is 12.7 Å². The fourth-order valence-corrected chi connectivity index (χ4v) is 4.59. The number of hydrogen-bond acceptors (Lipinski definition) is 6. The standard InChI is InChI=1S/C14H24N4O3S/c1-2-22(19,20)18-9-5-6-11(10-18)12-16-13(17-21-12)14(15)7-3-4-8-14/h11H,2-10,15H2,1H3. The molecule has 124 valence electrons. The molecule has 0 bridgehead atoms. The molecule has 2 N–H and O–H groups in total. The fraction of sp³-hybridized carbons (Fsp3) is 0.857. The number of hydrogen-bond donors (Lipinski definition) is 1. The number of rotatable bonds is 4. The second-order valence-electron chi connectivity index (χ2n) is 6.42. The molecule has 1 aromatic heterocycles. The third kappa shape index (κ3) is 2.91. The lowest BCUT2D eigenvalue weighted by molar-refractivity contribution is 0.264. The summed E-state index contributed by atoms with van der Waals surface area (Å²) in [6.07, 6.45) is 5.63. The summed E-state index contributed by atoms with van der Waals surface area (Å²) < 4.78 is 31.0. The molecule has 1 aliphatic carbocycles. The van der Waals surface area contributed by atoms with Crippen LogP contribution >= 0.6 is 0 Å².